The van der Waals surface area contributed by atoms with Gasteiger partial charge < -0.3 is 30.0 Å². The monoisotopic (exact) mass is 536 g/mol. The molecule has 2 atom stereocenters. The van der Waals surface area contributed by atoms with Crippen LogP contribution in [0.25, 0.3) is 0 Å². The van der Waals surface area contributed by atoms with E-state index in [-0.39, 0.29) is 24.5 Å². The fraction of sp³-hybridized carbons (Fsp3) is 0.320. The van der Waals surface area contributed by atoms with Crippen LogP contribution in [0.3, 0.4) is 0 Å². The Balaban J connectivity index is 1.67. The first-order chi connectivity index (χ1) is 18.0. The molecule has 38 heavy (non-hydrogen) atoms. The number of hydrogen-bond donors (Lipinski definition) is 4. The lowest BCUT2D eigenvalue weighted by atomic mass is 9.95. The van der Waals surface area contributed by atoms with E-state index in [1.54, 1.807) is 32.0 Å². The Morgan fingerprint density at radius 2 is 1.89 bits per heavy atom. The molecule has 13 heteroatoms. The minimum absolute atomic E-state index is 0.230. The first kappa shape index (κ1) is 28.3. The number of amides is 2. The van der Waals surface area contributed by atoms with Crippen molar-refractivity contribution in [1.82, 2.24) is 16.1 Å². The van der Waals surface area contributed by atoms with Gasteiger partial charge in [-0.15, -0.1) is 0 Å². The second-order valence-corrected chi connectivity index (χ2v) is 8.03. The summed E-state index contributed by atoms with van der Waals surface area (Å²) in [4.78, 5) is 24.4. The van der Waals surface area contributed by atoms with E-state index in [9.17, 15) is 27.9 Å². The molecule has 0 aromatic heterocycles. The normalized spacial score (nSPS) is 16.5. The van der Waals surface area contributed by atoms with Gasteiger partial charge in [-0.25, -0.2) is 9.59 Å². The van der Waals surface area contributed by atoms with E-state index in [1.165, 1.54) is 25.5 Å². The first-order valence-electron chi connectivity index (χ1n) is 11.4. The number of aliphatic hydroxyl groups excluding tert-OH is 1. The van der Waals surface area contributed by atoms with Gasteiger partial charge in [-0.2, -0.15) is 18.3 Å². The summed E-state index contributed by atoms with van der Waals surface area (Å²) in [6.07, 6.45) is -4.43. The Morgan fingerprint density at radius 3 is 2.53 bits per heavy atom. The van der Waals surface area contributed by atoms with Gasteiger partial charge in [0.2, 0.25) is 0 Å². The number of ether oxygens (including phenoxy) is 3. The van der Waals surface area contributed by atoms with E-state index in [1.807, 2.05) is 0 Å². The molecule has 0 radical (unpaired) electrons. The number of carbonyl (C=O) groups excluding carboxylic acids is 2. The molecule has 0 saturated carbocycles. The number of nitrogens with zero attached hydrogens (tertiary/aromatic N) is 1. The fourth-order valence-corrected chi connectivity index (χ4v) is 3.58. The predicted molar refractivity (Wildman–Crippen MR) is 130 cm³/mol. The smallest absolute Gasteiger partial charge is 0.416 e. The van der Waals surface area contributed by atoms with E-state index in [4.69, 9.17) is 14.2 Å². The standard InChI is InChI=1S/C25H27F3N4O6/c1-4-37-19-11-16(22-21(23(34)36-3)14(2)30-24(35)31-22)7-10-18(19)38-13-20(33)32-29-12-15-5-8-17(9-6-15)25(26,27)28/h5-12,20,22,32-33H,4,13H2,1-3H3,(H2,30,31,35)/b29-12-/t20-,22+/m1/s1. The van der Waals surface area contributed by atoms with Crippen molar-refractivity contribution in [2.75, 3.05) is 20.3 Å². The maximum atomic E-state index is 12.6. The lowest BCUT2D eigenvalue weighted by molar-refractivity contribution is -0.138. The molecule has 0 bridgehead atoms. The van der Waals surface area contributed by atoms with E-state index >= 15 is 0 Å². The molecular formula is C25H27F3N4O6. The van der Waals surface area contributed by atoms with Crippen molar-refractivity contribution in [1.29, 1.82) is 0 Å². The van der Waals surface area contributed by atoms with Crippen molar-refractivity contribution >= 4 is 18.2 Å². The van der Waals surface area contributed by atoms with Gasteiger partial charge in [0, 0.05) is 5.70 Å². The van der Waals surface area contributed by atoms with Crippen molar-refractivity contribution < 1.29 is 42.1 Å². The van der Waals surface area contributed by atoms with E-state index < -0.39 is 36.0 Å². The van der Waals surface area contributed by atoms with Crippen molar-refractivity contribution in [3.05, 3.63) is 70.4 Å². The number of hydrazone groups is 1. The van der Waals surface area contributed by atoms with Crippen LogP contribution in [0.5, 0.6) is 11.5 Å². The van der Waals surface area contributed by atoms with Gasteiger partial charge in [-0.3, -0.25) is 5.43 Å². The molecule has 0 fully saturated rings. The predicted octanol–water partition coefficient (Wildman–Crippen LogP) is 3.23. The highest BCUT2D eigenvalue weighted by molar-refractivity contribution is 5.95. The largest absolute Gasteiger partial charge is 0.490 e. The van der Waals surface area contributed by atoms with Crippen LogP contribution in [0.15, 0.2) is 58.8 Å². The third-order valence-corrected chi connectivity index (χ3v) is 5.35. The second kappa shape index (κ2) is 12.3. The number of allylic oxidation sites excluding steroid dienone is 1. The lowest BCUT2D eigenvalue weighted by Gasteiger charge is -2.28. The first-order valence-corrected chi connectivity index (χ1v) is 11.4. The van der Waals surface area contributed by atoms with Crippen LogP contribution in [0.1, 0.15) is 36.6 Å². The van der Waals surface area contributed by atoms with E-state index in [0.29, 0.717) is 22.6 Å². The Hall–Kier alpha value is -4.26. The van der Waals surface area contributed by atoms with Crippen LogP contribution in [-0.4, -0.2) is 49.9 Å². The summed E-state index contributed by atoms with van der Waals surface area (Å²) in [7, 11) is 1.24. The average molecular weight is 537 g/mol. The fourth-order valence-electron chi connectivity index (χ4n) is 3.58. The molecule has 2 aromatic carbocycles. The molecule has 1 aliphatic rings. The van der Waals surface area contributed by atoms with Crippen LogP contribution in [0.4, 0.5) is 18.0 Å². The molecule has 0 unspecified atom stereocenters. The Kier molecular flexibility index (Phi) is 9.18. The SMILES string of the molecule is CCOc1cc([C@@H]2NC(=O)NC(C)=C2C(=O)OC)ccc1OC[C@@H](O)N/N=C\c1ccc(C(F)(F)F)cc1. The summed E-state index contributed by atoms with van der Waals surface area (Å²) in [6, 6.07) is 7.89. The number of aliphatic hydroxyl groups is 1. The Labute approximate surface area is 216 Å². The number of halogens is 3. The number of hydrogen-bond acceptors (Lipinski definition) is 8. The summed E-state index contributed by atoms with van der Waals surface area (Å²) < 4.78 is 54.1. The lowest BCUT2D eigenvalue weighted by Crippen LogP contribution is -2.45. The summed E-state index contributed by atoms with van der Waals surface area (Å²) in [5.41, 5.74) is 3.17. The number of nitrogens with one attached hydrogen (secondary N) is 3. The highest BCUT2D eigenvalue weighted by atomic mass is 19.4. The zero-order chi connectivity index (χ0) is 27.9. The van der Waals surface area contributed by atoms with Gasteiger partial charge in [0.1, 0.15) is 6.61 Å². The number of urea groups is 1. The molecule has 0 aliphatic carbocycles. The van der Waals surface area contributed by atoms with Crippen molar-refractivity contribution in [2.24, 2.45) is 5.10 Å². The van der Waals surface area contributed by atoms with Crippen molar-refractivity contribution in [2.45, 2.75) is 32.3 Å². The van der Waals surface area contributed by atoms with Gasteiger partial charge in [-0.1, -0.05) is 18.2 Å². The van der Waals surface area contributed by atoms with Gasteiger partial charge in [0.05, 0.1) is 37.1 Å². The summed E-state index contributed by atoms with van der Waals surface area (Å²) >= 11 is 0. The van der Waals surface area contributed by atoms with Gasteiger partial charge in [0.25, 0.3) is 0 Å². The molecule has 0 spiro atoms. The summed E-state index contributed by atoms with van der Waals surface area (Å²) in [5.74, 6) is -0.0202. The molecule has 1 aliphatic heterocycles. The quantitative estimate of drug-likeness (QED) is 0.159. The zero-order valence-electron chi connectivity index (χ0n) is 20.8. The zero-order valence-corrected chi connectivity index (χ0v) is 20.8. The molecule has 204 valence electrons. The van der Waals surface area contributed by atoms with Crippen molar-refractivity contribution in [3.63, 3.8) is 0 Å². The van der Waals surface area contributed by atoms with Gasteiger partial charge in [0.15, 0.2) is 17.7 Å². The summed E-state index contributed by atoms with van der Waals surface area (Å²) in [6.45, 7) is 3.39. The molecule has 1 heterocycles. The van der Waals surface area contributed by atoms with Crippen LogP contribution < -0.4 is 25.5 Å². The Bertz CT molecular complexity index is 1210. The molecule has 2 aromatic rings. The van der Waals surface area contributed by atoms with E-state index in [2.05, 4.69) is 21.2 Å². The van der Waals surface area contributed by atoms with Crippen molar-refractivity contribution in [3.8, 4) is 11.5 Å². The maximum Gasteiger partial charge on any atom is 0.416 e. The minimum atomic E-state index is -4.43. The van der Waals surface area contributed by atoms with Gasteiger partial charge in [-0.05, 0) is 49.2 Å². The van der Waals surface area contributed by atoms with Gasteiger partial charge >= 0.3 is 18.2 Å². The third kappa shape index (κ3) is 7.16. The maximum absolute atomic E-state index is 12.6. The van der Waals surface area contributed by atoms with Crippen LogP contribution in [-0.2, 0) is 15.7 Å². The van der Waals surface area contributed by atoms with Crippen LogP contribution in [0.2, 0.25) is 0 Å². The number of esters is 1. The average Bonchev–Trinajstić information content (AvgIpc) is 2.87. The number of carbonyl (C=O) groups is 2. The third-order valence-electron chi connectivity index (χ3n) is 5.35. The highest BCUT2D eigenvalue weighted by Crippen LogP contribution is 2.35. The number of alkyl halides is 3. The van der Waals surface area contributed by atoms with Crippen LogP contribution >= 0.6 is 0 Å². The molecule has 2 amide bonds. The molecular weight excluding hydrogens is 509 g/mol. The molecule has 3 rings (SSSR count). The molecule has 0 saturated heterocycles. The topological polar surface area (TPSA) is 131 Å². The minimum Gasteiger partial charge on any atom is -0.490 e. The number of rotatable bonds is 10. The number of methoxy groups -OCH3 is 1. The van der Waals surface area contributed by atoms with E-state index in [0.717, 1.165) is 12.1 Å². The summed E-state index contributed by atoms with van der Waals surface area (Å²) in [5, 5.41) is 19.2. The molecule has 4 N–H and O–H groups in total. The van der Waals surface area contributed by atoms with Crippen LogP contribution in [0, 0.1) is 0 Å². The molecule has 10 nitrogen and oxygen atoms in total. The second-order valence-electron chi connectivity index (χ2n) is 8.03. The Morgan fingerprint density at radius 1 is 1.18 bits per heavy atom. The highest BCUT2D eigenvalue weighted by Gasteiger charge is 2.32. The number of benzene rings is 2.